The molecule has 1 heterocycles. The molecule has 0 unspecified atom stereocenters. The predicted molar refractivity (Wildman–Crippen MR) is 53.6 cm³/mol. The molecule has 0 amide bonds. The number of rotatable bonds is 1. The van der Waals surface area contributed by atoms with Gasteiger partial charge in [0.1, 0.15) is 0 Å². The van der Waals surface area contributed by atoms with Crippen LogP contribution in [0.5, 0.6) is 0 Å². The Morgan fingerprint density at radius 2 is 1.65 bits per heavy atom. The Kier molecular flexibility index (Phi) is 2.41. The summed E-state index contributed by atoms with van der Waals surface area (Å²) in [6.45, 7) is 0. The minimum atomic E-state index is -4.65. The number of hydrogen-bond acceptors (Lipinski definition) is 5. The van der Waals surface area contributed by atoms with Gasteiger partial charge in [-0.2, -0.15) is 18.2 Å². The van der Waals surface area contributed by atoms with Gasteiger partial charge in [0.15, 0.2) is 0 Å². The van der Waals surface area contributed by atoms with Crippen LogP contribution in [0.3, 0.4) is 0 Å². The summed E-state index contributed by atoms with van der Waals surface area (Å²) in [5, 5.41) is 2.83. The van der Waals surface area contributed by atoms with E-state index in [0.29, 0.717) is 11.4 Å². The van der Waals surface area contributed by atoms with Gasteiger partial charge in [0, 0.05) is 16.9 Å². The van der Waals surface area contributed by atoms with E-state index < -0.39 is 12.0 Å². The van der Waals surface area contributed by atoms with Crippen molar-refractivity contribution in [1.82, 2.24) is 10.1 Å². The topological polar surface area (TPSA) is 91.0 Å². The summed E-state index contributed by atoms with van der Waals surface area (Å²) in [7, 11) is 0. The third kappa shape index (κ3) is 2.30. The lowest BCUT2D eigenvalue weighted by Crippen LogP contribution is -2.07. The van der Waals surface area contributed by atoms with Gasteiger partial charge in [0.05, 0.1) is 0 Å². The fourth-order valence-electron chi connectivity index (χ4n) is 1.26. The summed E-state index contributed by atoms with van der Waals surface area (Å²) in [5.74, 6) is -1.62. The molecule has 0 radical (unpaired) electrons. The molecule has 0 bridgehead atoms. The highest BCUT2D eigenvalue weighted by Crippen LogP contribution is 2.29. The van der Waals surface area contributed by atoms with Crippen LogP contribution < -0.4 is 11.5 Å². The van der Waals surface area contributed by atoms with Crippen molar-refractivity contribution in [3.63, 3.8) is 0 Å². The quantitative estimate of drug-likeness (QED) is 0.748. The minimum Gasteiger partial charge on any atom is -0.399 e. The Morgan fingerprint density at radius 3 is 2.12 bits per heavy atom. The van der Waals surface area contributed by atoms with Gasteiger partial charge in [-0.25, -0.2) is 0 Å². The normalized spacial score (nSPS) is 11.7. The molecule has 2 rings (SSSR count). The molecule has 0 saturated heterocycles. The molecule has 0 atom stereocenters. The molecular formula is C9H7F3N4O. The average molecular weight is 244 g/mol. The van der Waals surface area contributed by atoms with Crippen LogP contribution >= 0.6 is 0 Å². The Bertz CT molecular complexity index is 529. The van der Waals surface area contributed by atoms with Crippen LogP contribution in [-0.4, -0.2) is 10.1 Å². The first kappa shape index (κ1) is 11.2. The number of hydrogen-bond donors (Lipinski definition) is 2. The smallest absolute Gasteiger partial charge is 0.399 e. The SMILES string of the molecule is Nc1cc(N)cc(-c2nc(C(F)(F)F)no2)c1. The van der Waals surface area contributed by atoms with E-state index in [1.807, 2.05) is 0 Å². The van der Waals surface area contributed by atoms with E-state index in [0.717, 1.165) is 0 Å². The fraction of sp³-hybridized carbons (Fsp3) is 0.111. The second-order valence-corrected chi connectivity index (χ2v) is 3.31. The monoisotopic (exact) mass is 244 g/mol. The number of halogens is 3. The summed E-state index contributed by atoms with van der Waals surface area (Å²) >= 11 is 0. The van der Waals surface area contributed by atoms with Crippen molar-refractivity contribution in [1.29, 1.82) is 0 Å². The van der Waals surface area contributed by atoms with Gasteiger partial charge in [0.2, 0.25) is 0 Å². The summed E-state index contributed by atoms with van der Waals surface area (Å²) in [5.41, 5.74) is 11.8. The van der Waals surface area contributed by atoms with Crippen molar-refractivity contribution >= 4 is 11.4 Å². The number of aromatic nitrogens is 2. The molecule has 8 heteroatoms. The lowest BCUT2D eigenvalue weighted by molar-refractivity contribution is -0.146. The van der Waals surface area contributed by atoms with Crippen LogP contribution in [0, 0.1) is 0 Å². The molecule has 0 fully saturated rings. The highest BCUT2D eigenvalue weighted by Gasteiger charge is 2.37. The van der Waals surface area contributed by atoms with Crippen LogP contribution in [0.25, 0.3) is 11.5 Å². The van der Waals surface area contributed by atoms with Gasteiger partial charge in [-0.3, -0.25) is 0 Å². The molecule has 1 aromatic heterocycles. The molecule has 0 spiro atoms. The Hall–Kier alpha value is -2.25. The first-order valence-electron chi connectivity index (χ1n) is 4.43. The zero-order chi connectivity index (χ0) is 12.6. The number of alkyl halides is 3. The van der Waals surface area contributed by atoms with Gasteiger partial charge in [-0.05, 0) is 18.2 Å². The first-order chi connectivity index (χ1) is 7.86. The molecule has 17 heavy (non-hydrogen) atoms. The molecule has 0 saturated carbocycles. The molecule has 90 valence electrons. The van der Waals surface area contributed by atoms with E-state index in [1.165, 1.54) is 18.2 Å². The second-order valence-electron chi connectivity index (χ2n) is 3.31. The molecule has 0 aliphatic rings. The van der Waals surface area contributed by atoms with Gasteiger partial charge < -0.3 is 16.0 Å². The molecule has 0 aliphatic heterocycles. The highest BCUT2D eigenvalue weighted by atomic mass is 19.4. The van der Waals surface area contributed by atoms with Crippen molar-refractivity contribution in [3.05, 3.63) is 24.0 Å². The number of nitrogens with zero attached hydrogens (tertiary/aromatic N) is 2. The highest BCUT2D eigenvalue weighted by molar-refractivity contribution is 5.67. The van der Waals surface area contributed by atoms with Crippen molar-refractivity contribution in [2.45, 2.75) is 6.18 Å². The molecule has 1 aromatic carbocycles. The van der Waals surface area contributed by atoms with E-state index in [9.17, 15) is 13.2 Å². The average Bonchev–Trinajstić information content (AvgIpc) is 2.63. The number of anilines is 2. The summed E-state index contributed by atoms with van der Waals surface area (Å²) in [6, 6.07) is 4.25. The van der Waals surface area contributed by atoms with Crippen LogP contribution in [0.2, 0.25) is 0 Å². The number of benzene rings is 1. The Labute approximate surface area is 93.2 Å². The van der Waals surface area contributed by atoms with E-state index in [4.69, 9.17) is 11.5 Å². The Morgan fingerprint density at radius 1 is 1.06 bits per heavy atom. The van der Waals surface area contributed by atoms with Crippen molar-refractivity contribution in [2.24, 2.45) is 0 Å². The number of nitrogen functional groups attached to an aromatic ring is 2. The zero-order valence-electron chi connectivity index (χ0n) is 8.32. The van der Waals surface area contributed by atoms with E-state index in [2.05, 4.69) is 14.7 Å². The maximum Gasteiger partial charge on any atom is 0.455 e. The predicted octanol–water partition coefficient (Wildman–Crippen LogP) is 1.92. The van der Waals surface area contributed by atoms with Gasteiger partial charge >= 0.3 is 6.18 Å². The summed E-state index contributed by atoms with van der Waals surface area (Å²) in [6.07, 6.45) is -4.65. The maximum atomic E-state index is 12.2. The van der Waals surface area contributed by atoms with Crippen LogP contribution in [0.1, 0.15) is 5.82 Å². The lowest BCUT2D eigenvalue weighted by Gasteiger charge is -1.99. The van der Waals surface area contributed by atoms with Gasteiger partial charge in [0.25, 0.3) is 11.7 Å². The minimum absolute atomic E-state index is 0.241. The van der Waals surface area contributed by atoms with Crippen molar-refractivity contribution in [3.8, 4) is 11.5 Å². The summed E-state index contributed by atoms with van der Waals surface area (Å²) in [4.78, 5) is 3.22. The molecular weight excluding hydrogens is 237 g/mol. The van der Waals surface area contributed by atoms with E-state index in [1.54, 1.807) is 0 Å². The number of nitrogens with two attached hydrogens (primary N) is 2. The molecule has 2 aromatic rings. The van der Waals surface area contributed by atoms with Crippen LogP contribution in [-0.2, 0) is 6.18 Å². The lowest BCUT2D eigenvalue weighted by atomic mass is 10.2. The third-order valence-electron chi connectivity index (χ3n) is 1.90. The van der Waals surface area contributed by atoms with Gasteiger partial charge in [-0.1, -0.05) is 5.16 Å². The largest absolute Gasteiger partial charge is 0.455 e. The third-order valence-corrected chi connectivity index (χ3v) is 1.90. The maximum absolute atomic E-state index is 12.2. The first-order valence-corrected chi connectivity index (χ1v) is 4.43. The van der Waals surface area contributed by atoms with Crippen molar-refractivity contribution < 1.29 is 17.7 Å². The molecule has 0 aliphatic carbocycles. The summed E-state index contributed by atoms with van der Waals surface area (Å²) < 4.78 is 41.2. The standard InChI is InChI=1S/C9H7F3N4O/c10-9(11,12)8-15-7(17-16-8)4-1-5(13)3-6(14)2-4/h1-3H,13-14H2. The molecule has 4 N–H and O–H groups in total. The Balaban J connectivity index is 2.44. The second kappa shape index (κ2) is 3.65. The van der Waals surface area contributed by atoms with E-state index >= 15 is 0 Å². The van der Waals surface area contributed by atoms with Crippen molar-refractivity contribution in [2.75, 3.05) is 11.5 Å². The van der Waals surface area contributed by atoms with Crippen LogP contribution in [0.15, 0.2) is 22.7 Å². The zero-order valence-corrected chi connectivity index (χ0v) is 8.32. The van der Waals surface area contributed by atoms with E-state index in [-0.39, 0.29) is 11.5 Å². The van der Waals surface area contributed by atoms with Crippen LogP contribution in [0.4, 0.5) is 24.5 Å². The fourth-order valence-corrected chi connectivity index (χ4v) is 1.26. The molecule has 5 nitrogen and oxygen atoms in total. The van der Waals surface area contributed by atoms with Gasteiger partial charge in [-0.15, -0.1) is 0 Å².